The highest BCUT2D eigenvalue weighted by Crippen LogP contribution is 2.28. The minimum atomic E-state index is -0.307. The average molecular weight is 357 g/mol. The lowest BCUT2D eigenvalue weighted by molar-refractivity contribution is 0.0298. The number of hydrogen-bond donors (Lipinski definition) is 0. The lowest BCUT2D eigenvalue weighted by Crippen LogP contribution is -2.40. The molecule has 0 unspecified atom stereocenters. The molecule has 4 rings (SSSR count). The molecule has 5 nitrogen and oxygen atoms in total. The number of ether oxygens (including phenoxy) is 1. The lowest BCUT2D eigenvalue weighted by Gasteiger charge is -2.25. The Morgan fingerprint density at radius 1 is 1.16 bits per heavy atom. The van der Waals surface area contributed by atoms with E-state index in [1.807, 2.05) is 17.5 Å². The molecule has 0 spiro atoms. The Morgan fingerprint density at radius 2 is 1.92 bits per heavy atom. The molecule has 1 amide bonds. The van der Waals surface area contributed by atoms with Crippen LogP contribution in [0.4, 0.5) is 4.39 Å². The summed E-state index contributed by atoms with van der Waals surface area (Å²) >= 11 is 1.57. The van der Waals surface area contributed by atoms with Gasteiger partial charge in [0, 0.05) is 13.1 Å². The van der Waals surface area contributed by atoms with E-state index >= 15 is 0 Å². The highest BCUT2D eigenvalue weighted by molar-refractivity contribution is 7.13. The topological polar surface area (TPSA) is 47.4 Å². The maximum atomic E-state index is 13.3. The Kier molecular flexibility index (Phi) is 4.33. The first-order valence-corrected chi connectivity index (χ1v) is 8.87. The average Bonchev–Trinajstić information content (AvgIpc) is 3.32. The molecular formula is C18H16FN3O2S. The zero-order chi connectivity index (χ0) is 17.2. The molecule has 0 atom stereocenters. The van der Waals surface area contributed by atoms with Crippen LogP contribution in [0.3, 0.4) is 0 Å². The molecule has 1 aliphatic rings. The molecule has 3 heterocycles. The molecule has 1 aliphatic heterocycles. The lowest BCUT2D eigenvalue weighted by atomic mass is 10.2. The molecule has 0 bridgehead atoms. The van der Waals surface area contributed by atoms with Crippen LogP contribution in [0.2, 0.25) is 0 Å². The van der Waals surface area contributed by atoms with Gasteiger partial charge < -0.3 is 9.64 Å². The summed E-state index contributed by atoms with van der Waals surface area (Å²) in [6, 6.07) is 11.8. The van der Waals surface area contributed by atoms with E-state index in [4.69, 9.17) is 4.74 Å². The molecule has 2 aromatic heterocycles. The summed E-state index contributed by atoms with van der Waals surface area (Å²) in [7, 11) is 0. The first-order valence-electron chi connectivity index (χ1n) is 7.99. The van der Waals surface area contributed by atoms with Crippen molar-refractivity contribution in [2.45, 2.75) is 0 Å². The van der Waals surface area contributed by atoms with Gasteiger partial charge in [0.25, 0.3) is 5.91 Å². The molecular weight excluding hydrogens is 341 g/mol. The van der Waals surface area contributed by atoms with E-state index < -0.39 is 0 Å². The Morgan fingerprint density at radius 3 is 2.60 bits per heavy atom. The molecule has 0 aliphatic carbocycles. The number of rotatable bonds is 3. The summed E-state index contributed by atoms with van der Waals surface area (Å²) in [6.07, 6.45) is 0. The number of carbonyl (C=O) groups is 1. The predicted molar refractivity (Wildman–Crippen MR) is 93.6 cm³/mol. The molecule has 3 aromatic rings. The van der Waals surface area contributed by atoms with Crippen molar-refractivity contribution in [2.75, 3.05) is 26.3 Å². The first-order chi connectivity index (χ1) is 12.2. The van der Waals surface area contributed by atoms with Crippen LogP contribution in [0.15, 0.2) is 47.8 Å². The Hall–Kier alpha value is -2.51. The molecule has 1 aromatic carbocycles. The SMILES string of the molecule is O=C(c1cc(-c2cccs2)n(-c2ccc(F)cc2)n1)N1CCOCC1. The van der Waals surface area contributed by atoms with E-state index in [2.05, 4.69) is 5.10 Å². The highest BCUT2D eigenvalue weighted by atomic mass is 32.1. The van der Waals surface area contributed by atoms with Gasteiger partial charge in [-0.25, -0.2) is 9.07 Å². The molecule has 7 heteroatoms. The zero-order valence-electron chi connectivity index (χ0n) is 13.4. The third-order valence-electron chi connectivity index (χ3n) is 4.07. The van der Waals surface area contributed by atoms with Gasteiger partial charge in [0.1, 0.15) is 5.82 Å². The normalized spacial score (nSPS) is 14.7. The number of morpholine rings is 1. The predicted octanol–water partition coefficient (Wildman–Crippen LogP) is 3.21. The first kappa shape index (κ1) is 16.0. The van der Waals surface area contributed by atoms with Crippen molar-refractivity contribution < 1.29 is 13.9 Å². The van der Waals surface area contributed by atoms with Gasteiger partial charge in [0.05, 0.1) is 29.5 Å². The Balaban J connectivity index is 1.75. The van der Waals surface area contributed by atoms with Gasteiger partial charge in [-0.1, -0.05) is 6.07 Å². The monoisotopic (exact) mass is 357 g/mol. The fourth-order valence-corrected chi connectivity index (χ4v) is 3.52. The quantitative estimate of drug-likeness (QED) is 0.723. The van der Waals surface area contributed by atoms with Crippen molar-refractivity contribution in [3.05, 3.63) is 59.4 Å². The Labute approximate surface area is 148 Å². The standard InChI is InChI=1S/C18H16FN3O2S/c19-13-3-5-14(6-4-13)22-16(17-2-1-11-25-17)12-15(20-22)18(23)21-7-9-24-10-8-21/h1-6,11-12H,7-10H2. The minimum Gasteiger partial charge on any atom is -0.378 e. The van der Waals surface area contributed by atoms with Crippen molar-refractivity contribution in [1.29, 1.82) is 0 Å². The molecule has 25 heavy (non-hydrogen) atoms. The third kappa shape index (κ3) is 3.20. The molecule has 0 saturated carbocycles. The molecule has 128 valence electrons. The van der Waals surface area contributed by atoms with E-state index in [0.29, 0.717) is 37.7 Å². The summed E-state index contributed by atoms with van der Waals surface area (Å²) in [5, 5.41) is 6.48. The summed E-state index contributed by atoms with van der Waals surface area (Å²) < 4.78 is 20.2. The number of aromatic nitrogens is 2. The maximum Gasteiger partial charge on any atom is 0.274 e. The van der Waals surface area contributed by atoms with Crippen LogP contribution in [-0.4, -0.2) is 46.9 Å². The van der Waals surface area contributed by atoms with Crippen LogP contribution in [0.5, 0.6) is 0 Å². The molecule has 1 fully saturated rings. The molecule has 0 radical (unpaired) electrons. The van der Waals surface area contributed by atoms with Crippen molar-refractivity contribution in [3.8, 4) is 16.3 Å². The minimum absolute atomic E-state index is 0.109. The van der Waals surface area contributed by atoms with Crippen molar-refractivity contribution >= 4 is 17.2 Å². The van der Waals surface area contributed by atoms with E-state index in [0.717, 1.165) is 10.6 Å². The number of nitrogens with zero attached hydrogens (tertiary/aromatic N) is 3. The van der Waals surface area contributed by atoms with Gasteiger partial charge in [-0.2, -0.15) is 5.10 Å². The number of halogens is 1. The zero-order valence-corrected chi connectivity index (χ0v) is 14.2. The van der Waals surface area contributed by atoms with Crippen molar-refractivity contribution in [1.82, 2.24) is 14.7 Å². The van der Waals surface area contributed by atoms with Gasteiger partial charge in [-0.3, -0.25) is 4.79 Å². The van der Waals surface area contributed by atoms with E-state index in [1.54, 1.807) is 39.1 Å². The second kappa shape index (κ2) is 6.78. The van der Waals surface area contributed by atoms with E-state index in [1.165, 1.54) is 12.1 Å². The summed E-state index contributed by atoms with van der Waals surface area (Å²) in [5.41, 5.74) is 1.92. The van der Waals surface area contributed by atoms with Crippen LogP contribution in [0.1, 0.15) is 10.5 Å². The third-order valence-corrected chi connectivity index (χ3v) is 4.96. The smallest absolute Gasteiger partial charge is 0.274 e. The summed E-state index contributed by atoms with van der Waals surface area (Å²) in [6.45, 7) is 2.22. The van der Waals surface area contributed by atoms with Gasteiger partial charge in [-0.15, -0.1) is 11.3 Å². The second-order valence-electron chi connectivity index (χ2n) is 5.68. The molecule has 0 N–H and O–H groups in total. The fraction of sp³-hybridized carbons (Fsp3) is 0.222. The van der Waals surface area contributed by atoms with Crippen LogP contribution in [-0.2, 0) is 4.74 Å². The van der Waals surface area contributed by atoms with Crippen molar-refractivity contribution in [2.24, 2.45) is 0 Å². The highest BCUT2D eigenvalue weighted by Gasteiger charge is 2.23. The van der Waals surface area contributed by atoms with Crippen molar-refractivity contribution in [3.63, 3.8) is 0 Å². The largest absolute Gasteiger partial charge is 0.378 e. The second-order valence-corrected chi connectivity index (χ2v) is 6.63. The number of carbonyl (C=O) groups excluding carboxylic acids is 1. The van der Waals surface area contributed by atoms with E-state index in [9.17, 15) is 9.18 Å². The fourth-order valence-electron chi connectivity index (χ4n) is 2.79. The number of benzene rings is 1. The number of thiophene rings is 1. The number of hydrogen-bond acceptors (Lipinski definition) is 4. The maximum absolute atomic E-state index is 13.3. The van der Waals surface area contributed by atoms with Gasteiger partial charge in [0.15, 0.2) is 5.69 Å². The number of amides is 1. The van der Waals surface area contributed by atoms with Crippen LogP contribution in [0, 0.1) is 5.82 Å². The molecule has 1 saturated heterocycles. The van der Waals surface area contributed by atoms with Crippen LogP contribution in [0.25, 0.3) is 16.3 Å². The van der Waals surface area contributed by atoms with Gasteiger partial charge in [-0.05, 0) is 41.8 Å². The van der Waals surface area contributed by atoms with Crippen LogP contribution >= 0.6 is 11.3 Å². The summed E-state index contributed by atoms with van der Waals surface area (Å²) in [5.74, 6) is -0.417. The Bertz CT molecular complexity index is 868. The van der Waals surface area contributed by atoms with E-state index in [-0.39, 0.29) is 11.7 Å². The van der Waals surface area contributed by atoms with Gasteiger partial charge >= 0.3 is 0 Å². The summed E-state index contributed by atoms with van der Waals surface area (Å²) in [4.78, 5) is 15.5. The van der Waals surface area contributed by atoms with Crippen LogP contribution < -0.4 is 0 Å². The van der Waals surface area contributed by atoms with Gasteiger partial charge in [0.2, 0.25) is 0 Å².